The first-order valence-corrected chi connectivity index (χ1v) is 11.2. The molecule has 3 aromatic rings. The maximum atomic E-state index is 12.4. The first-order valence-electron chi connectivity index (χ1n) is 8.85. The fourth-order valence-corrected chi connectivity index (χ4v) is 4.17. The van der Waals surface area contributed by atoms with Crippen LogP contribution in [0.4, 0.5) is 5.69 Å². The summed E-state index contributed by atoms with van der Waals surface area (Å²) in [7, 11) is -3.78. The number of ether oxygens (including phenoxy) is 2. The van der Waals surface area contributed by atoms with Crippen LogP contribution in [0, 0.1) is 0 Å². The Kier molecular flexibility index (Phi) is 6.80. The summed E-state index contributed by atoms with van der Waals surface area (Å²) in [5.41, 5.74) is 0.813. The van der Waals surface area contributed by atoms with Gasteiger partial charge in [0.1, 0.15) is 6.61 Å². The number of anilines is 1. The largest absolute Gasteiger partial charge is 0.461 e. The zero-order chi connectivity index (χ0) is 21.6. The lowest BCUT2D eigenvalue weighted by atomic mass is 10.2. The molecule has 0 bridgehead atoms. The molecule has 156 valence electrons. The monoisotopic (exact) mass is 446 g/mol. The van der Waals surface area contributed by atoms with E-state index in [1.165, 1.54) is 30.3 Å². The Labute approximate surface area is 177 Å². The molecule has 0 radical (unpaired) electrons. The van der Waals surface area contributed by atoms with Crippen molar-refractivity contribution in [3.8, 4) is 0 Å². The Morgan fingerprint density at radius 2 is 1.80 bits per heavy atom. The molecule has 0 unspecified atom stereocenters. The molecule has 0 saturated heterocycles. The third-order valence-corrected chi connectivity index (χ3v) is 6.03. The molecule has 0 aliphatic rings. The Bertz CT molecular complexity index is 1140. The number of nitrogens with zero attached hydrogens (tertiary/aromatic N) is 1. The first kappa shape index (κ1) is 21.5. The Morgan fingerprint density at radius 3 is 2.53 bits per heavy atom. The fourth-order valence-electron chi connectivity index (χ4n) is 2.41. The molecule has 0 amide bonds. The number of benzene rings is 2. The van der Waals surface area contributed by atoms with Gasteiger partial charge in [-0.1, -0.05) is 24.3 Å². The van der Waals surface area contributed by atoms with E-state index in [9.17, 15) is 18.0 Å². The van der Waals surface area contributed by atoms with Crippen LogP contribution in [-0.2, 0) is 26.1 Å². The van der Waals surface area contributed by atoms with Crippen molar-refractivity contribution >= 4 is 39.0 Å². The van der Waals surface area contributed by atoms with Gasteiger partial charge in [-0.25, -0.2) is 23.0 Å². The number of esters is 2. The van der Waals surface area contributed by atoms with Crippen molar-refractivity contribution in [2.24, 2.45) is 0 Å². The number of carbonyl (C=O) groups excluding carboxylic acids is 2. The molecule has 0 aliphatic carbocycles. The normalized spacial score (nSPS) is 11.0. The molecular weight excluding hydrogens is 428 g/mol. The van der Waals surface area contributed by atoms with E-state index < -0.39 is 22.0 Å². The third-order valence-electron chi connectivity index (χ3n) is 3.76. The van der Waals surface area contributed by atoms with Crippen LogP contribution in [-0.4, -0.2) is 31.9 Å². The standard InChI is InChI=1S/C20H18N2O6S2/c1-2-27-20(24)18-21-16(13-29-18)12-28-19(23)14-7-6-8-15(11-14)22-30(25,26)17-9-4-3-5-10-17/h3-11,13,22H,2,12H2,1H3. The van der Waals surface area contributed by atoms with Gasteiger partial charge in [0.25, 0.3) is 10.0 Å². The number of thiazole rings is 1. The van der Waals surface area contributed by atoms with Crippen LogP contribution in [0.1, 0.15) is 32.8 Å². The lowest BCUT2D eigenvalue weighted by molar-refractivity contribution is 0.0468. The number of rotatable bonds is 8. The smallest absolute Gasteiger partial charge is 0.367 e. The molecular formula is C20H18N2O6S2. The average molecular weight is 447 g/mol. The summed E-state index contributed by atoms with van der Waals surface area (Å²) in [5.74, 6) is -1.18. The zero-order valence-corrected chi connectivity index (χ0v) is 17.5. The van der Waals surface area contributed by atoms with Crippen molar-refractivity contribution in [3.63, 3.8) is 0 Å². The average Bonchev–Trinajstić information content (AvgIpc) is 3.22. The van der Waals surface area contributed by atoms with Crippen LogP contribution < -0.4 is 4.72 Å². The van der Waals surface area contributed by atoms with E-state index >= 15 is 0 Å². The van der Waals surface area contributed by atoms with E-state index in [-0.39, 0.29) is 34.4 Å². The van der Waals surface area contributed by atoms with Gasteiger partial charge in [0.05, 0.1) is 22.8 Å². The molecule has 1 N–H and O–H groups in total. The number of hydrogen-bond acceptors (Lipinski definition) is 8. The highest BCUT2D eigenvalue weighted by atomic mass is 32.2. The second kappa shape index (κ2) is 9.51. The van der Waals surface area contributed by atoms with Gasteiger partial charge >= 0.3 is 11.9 Å². The maximum absolute atomic E-state index is 12.4. The molecule has 2 aromatic carbocycles. The SMILES string of the molecule is CCOC(=O)c1nc(COC(=O)c2cccc(NS(=O)(=O)c3ccccc3)c2)cs1. The quantitative estimate of drug-likeness (QED) is 0.527. The minimum atomic E-state index is -3.78. The van der Waals surface area contributed by atoms with Crippen LogP contribution >= 0.6 is 11.3 Å². The summed E-state index contributed by atoms with van der Waals surface area (Å²) >= 11 is 1.10. The predicted molar refractivity (Wildman–Crippen MR) is 111 cm³/mol. The van der Waals surface area contributed by atoms with Gasteiger partial charge in [-0.05, 0) is 37.3 Å². The molecule has 10 heteroatoms. The van der Waals surface area contributed by atoms with E-state index in [1.54, 1.807) is 36.6 Å². The third kappa shape index (κ3) is 5.43. The van der Waals surface area contributed by atoms with Crippen molar-refractivity contribution in [1.82, 2.24) is 4.98 Å². The molecule has 0 fully saturated rings. The number of sulfonamides is 1. The van der Waals surface area contributed by atoms with E-state index in [0.29, 0.717) is 5.69 Å². The van der Waals surface area contributed by atoms with Gasteiger partial charge in [-0.3, -0.25) is 4.72 Å². The summed E-state index contributed by atoms with van der Waals surface area (Å²) in [5, 5.41) is 1.78. The van der Waals surface area contributed by atoms with Crippen molar-refractivity contribution < 1.29 is 27.5 Å². The lowest BCUT2D eigenvalue weighted by Crippen LogP contribution is -2.13. The van der Waals surface area contributed by atoms with Crippen LogP contribution in [0.5, 0.6) is 0 Å². The van der Waals surface area contributed by atoms with Crippen LogP contribution in [0.15, 0.2) is 64.9 Å². The Hall–Kier alpha value is -3.24. The molecule has 1 aromatic heterocycles. The highest BCUT2D eigenvalue weighted by Gasteiger charge is 2.16. The maximum Gasteiger partial charge on any atom is 0.367 e. The zero-order valence-electron chi connectivity index (χ0n) is 15.9. The summed E-state index contributed by atoms with van der Waals surface area (Å²) in [4.78, 5) is 28.1. The summed E-state index contributed by atoms with van der Waals surface area (Å²) in [6.07, 6.45) is 0. The summed E-state index contributed by atoms with van der Waals surface area (Å²) in [6, 6.07) is 13.9. The highest BCUT2D eigenvalue weighted by molar-refractivity contribution is 7.92. The first-order chi connectivity index (χ1) is 14.4. The van der Waals surface area contributed by atoms with Gasteiger partial charge < -0.3 is 9.47 Å². The number of aromatic nitrogens is 1. The fraction of sp³-hybridized carbons (Fsp3) is 0.150. The van der Waals surface area contributed by atoms with E-state index in [4.69, 9.17) is 9.47 Å². The Morgan fingerprint density at radius 1 is 1.03 bits per heavy atom. The molecule has 30 heavy (non-hydrogen) atoms. The second-order valence-corrected chi connectivity index (χ2v) is 8.48. The molecule has 0 atom stereocenters. The topological polar surface area (TPSA) is 112 Å². The van der Waals surface area contributed by atoms with Crippen molar-refractivity contribution in [2.45, 2.75) is 18.4 Å². The van der Waals surface area contributed by atoms with E-state index in [0.717, 1.165) is 11.3 Å². The highest BCUT2D eigenvalue weighted by Crippen LogP contribution is 2.18. The van der Waals surface area contributed by atoms with E-state index in [1.807, 2.05) is 0 Å². The molecule has 1 heterocycles. The van der Waals surface area contributed by atoms with Gasteiger partial charge in [-0.15, -0.1) is 11.3 Å². The molecule has 3 rings (SSSR count). The number of hydrogen-bond donors (Lipinski definition) is 1. The lowest BCUT2D eigenvalue weighted by Gasteiger charge is -2.09. The number of carbonyl (C=O) groups is 2. The van der Waals surface area contributed by atoms with Gasteiger partial charge in [0.2, 0.25) is 5.01 Å². The van der Waals surface area contributed by atoms with Crippen molar-refractivity contribution in [1.29, 1.82) is 0 Å². The molecule has 0 saturated carbocycles. The van der Waals surface area contributed by atoms with Crippen molar-refractivity contribution in [3.05, 3.63) is 76.2 Å². The van der Waals surface area contributed by atoms with Crippen LogP contribution in [0.2, 0.25) is 0 Å². The molecule has 0 spiro atoms. The van der Waals surface area contributed by atoms with Gasteiger partial charge in [-0.2, -0.15) is 0 Å². The van der Waals surface area contributed by atoms with Gasteiger partial charge in [0.15, 0.2) is 0 Å². The predicted octanol–water partition coefficient (Wildman–Crippen LogP) is 3.48. The molecule has 0 aliphatic heterocycles. The number of nitrogens with one attached hydrogen (secondary N) is 1. The Balaban J connectivity index is 1.64. The van der Waals surface area contributed by atoms with Crippen LogP contribution in [0.25, 0.3) is 0 Å². The van der Waals surface area contributed by atoms with Gasteiger partial charge in [0, 0.05) is 11.1 Å². The molecule has 8 nitrogen and oxygen atoms in total. The van der Waals surface area contributed by atoms with E-state index in [2.05, 4.69) is 9.71 Å². The summed E-state index contributed by atoms with van der Waals surface area (Å²) in [6.45, 7) is 1.81. The summed E-state index contributed by atoms with van der Waals surface area (Å²) < 4.78 is 37.4. The van der Waals surface area contributed by atoms with Crippen LogP contribution in [0.3, 0.4) is 0 Å². The minimum Gasteiger partial charge on any atom is -0.461 e. The second-order valence-electron chi connectivity index (χ2n) is 5.94. The van der Waals surface area contributed by atoms with Crippen molar-refractivity contribution in [2.75, 3.05) is 11.3 Å². The minimum absolute atomic E-state index is 0.110.